The predicted octanol–water partition coefficient (Wildman–Crippen LogP) is 2.17. The van der Waals surface area contributed by atoms with Gasteiger partial charge in [-0.3, -0.25) is 4.79 Å². The first kappa shape index (κ1) is 17.0. The molecule has 0 aromatic heterocycles. The third kappa shape index (κ3) is 5.43. The molecule has 0 saturated carbocycles. The minimum absolute atomic E-state index is 0.0543. The van der Waals surface area contributed by atoms with Crippen LogP contribution in [0.15, 0.2) is 30.3 Å². The maximum Gasteiger partial charge on any atom is 0.221 e. The molecule has 22 heavy (non-hydrogen) atoms. The van der Waals surface area contributed by atoms with E-state index in [-0.39, 0.29) is 11.9 Å². The fraction of sp³-hybridized carbons (Fsp3) is 0.611. The highest BCUT2D eigenvalue weighted by atomic mass is 16.1. The number of benzene rings is 1. The van der Waals surface area contributed by atoms with E-state index in [9.17, 15) is 4.79 Å². The number of hydrogen-bond donors (Lipinski definition) is 2. The average Bonchev–Trinajstić information content (AvgIpc) is 2.93. The summed E-state index contributed by atoms with van der Waals surface area (Å²) in [5.41, 5.74) is 7.10. The maximum absolute atomic E-state index is 12.0. The number of likely N-dealkylation sites (tertiary alicyclic amines) is 1. The lowest BCUT2D eigenvalue weighted by Crippen LogP contribution is -2.33. The quantitative estimate of drug-likeness (QED) is 0.811. The molecular formula is C18H29N3O. The van der Waals surface area contributed by atoms with Gasteiger partial charge in [-0.05, 0) is 30.4 Å². The Morgan fingerprint density at radius 1 is 1.36 bits per heavy atom. The summed E-state index contributed by atoms with van der Waals surface area (Å²) in [6.45, 7) is 8.68. The molecule has 1 saturated heterocycles. The van der Waals surface area contributed by atoms with E-state index in [4.69, 9.17) is 5.73 Å². The molecule has 1 aliphatic rings. The first-order chi connectivity index (χ1) is 10.5. The van der Waals surface area contributed by atoms with Gasteiger partial charge in [-0.15, -0.1) is 0 Å². The summed E-state index contributed by atoms with van der Waals surface area (Å²) < 4.78 is 0. The van der Waals surface area contributed by atoms with Crippen molar-refractivity contribution in [2.45, 2.75) is 32.7 Å². The van der Waals surface area contributed by atoms with Crippen LogP contribution in [0.4, 0.5) is 0 Å². The van der Waals surface area contributed by atoms with Crippen LogP contribution in [0.25, 0.3) is 0 Å². The lowest BCUT2D eigenvalue weighted by atomic mass is 10.0. The summed E-state index contributed by atoms with van der Waals surface area (Å²) >= 11 is 0. The van der Waals surface area contributed by atoms with Crippen molar-refractivity contribution in [1.29, 1.82) is 0 Å². The predicted molar refractivity (Wildman–Crippen MR) is 90.4 cm³/mol. The van der Waals surface area contributed by atoms with E-state index in [0.29, 0.717) is 18.3 Å². The first-order valence-corrected chi connectivity index (χ1v) is 8.34. The molecule has 122 valence electrons. The Balaban J connectivity index is 1.68. The molecule has 0 radical (unpaired) electrons. The van der Waals surface area contributed by atoms with Gasteiger partial charge in [0.25, 0.3) is 0 Å². The van der Waals surface area contributed by atoms with Crippen LogP contribution >= 0.6 is 0 Å². The van der Waals surface area contributed by atoms with Gasteiger partial charge in [0.05, 0.1) is 0 Å². The maximum atomic E-state index is 12.0. The summed E-state index contributed by atoms with van der Waals surface area (Å²) in [6.07, 6.45) is 1.53. The Bertz CT molecular complexity index is 461. The summed E-state index contributed by atoms with van der Waals surface area (Å²) in [4.78, 5) is 14.5. The number of carbonyl (C=O) groups excluding carboxylic acids is 1. The molecule has 1 amide bonds. The van der Waals surface area contributed by atoms with Gasteiger partial charge < -0.3 is 16.0 Å². The van der Waals surface area contributed by atoms with Crippen LogP contribution in [0.2, 0.25) is 0 Å². The molecule has 2 atom stereocenters. The average molecular weight is 303 g/mol. The Morgan fingerprint density at radius 3 is 2.77 bits per heavy atom. The molecule has 4 nitrogen and oxygen atoms in total. The van der Waals surface area contributed by atoms with Crippen LogP contribution in [-0.4, -0.2) is 37.0 Å². The molecule has 2 rings (SSSR count). The third-order valence-corrected chi connectivity index (χ3v) is 4.21. The van der Waals surface area contributed by atoms with E-state index in [1.54, 1.807) is 0 Å². The van der Waals surface area contributed by atoms with Crippen molar-refractivity contribution < 1.29 is 4.79 Å². The Kier molecular flexibility index (Phi) is 6.40. The number of hydrogen-bond acceptors (Lipinski definition) is 3. The van der Waals surface area contributed by atoms with Crippen LogP contribution in [0.5, 0.6) is 0 Å². The van der Waals surface area contributed by atoms with Crippen LogP contribution in [0, 0.1) is 11.8 Å². The number of carbonyl (C=O) groups is 1. The molecule has 1 aromatic rings. The standard InChI is InChI=1S/C18H29N3O/c1-14(2)12-21-9-8-15(13-21)11-20-18(22)10-17(19)16-6-4-3-5-7-16/h3-7,14-15,17H,8-13,19H2,1-2H3,(H,20,22). The number of rotatable bonds is 7. The van der Waals surface area contributed by atoms with Crippen LogP contribution in [-0.2, 0) is 4.79 Å². The molecule has 1 fully saturated rings. The Labute approximate surface area is 134 Å². The van der Waals surface area contributed by atoms with Crippen LogP contribution in [0.1, 0.15) is 38.3 Å². The number of amides is 1. The lowest BCUT2D eigenvalue weighted by molar-refractivity contribution is -0.121. The molecule has 1 heterocycles. The van der Waals surface area contributed by atoms with Crippen molar-refractivity contribution in [1.82, 2.24) is 10.2 Å². The zero-order chi connectivity index (χ0) is 15.9. The van der Waals surface area contributed by atoms with Crippen molar-refractivity contribution in [2.24, 2.45) is 17.6 Å². The van der Waals surface area contributed by atoms with Crippen molar-refractivity contribution >= 4 is 5.91 Å². The minimum atomic E-state index is -0.220. The highest BCUT2D eigenvalue weighted by Gasteiger charge is 2.23. The van der Waals surface area contributed by atoms with Crippen LogP contribution in [0.3, 0.4) is 0 Å². The SMILES string of the molecule is CC(C)CN1CCC(CNC(=O)CC(N)c2ccccc2)C1. The van der Waals surface area contributed by atoms with Gasteiger partial charge in [0.15, 0.2) is 0 Å². The van der Waals surface area contributed by atoms with Crippen molar-refractivity contribution in [3.05, 3.63) is 35.9 Å². The van der Waals surface area contributed by atoms with Gasteiger partial charge in [0.2, 0.25) is 5.91 Å². The highest BCUT2D eigenvalue weighted by Crippen LogP contribution is 2.17. The van der Waals surface area contributed by atoms with Crippen molar-refractivity contribution in [3.8, 4) is 0 Å². The second-order valence-electron chi connectivity index (χ2n) is 6.83. The topological polar surface area (TPSA) is 58.4 Å². The smallest absolute Gasteiger partial charge is 0.221 e. The van der Waals surface area contributed by atoms with E-state index >= 15 is 0 Å². The second-order valence-corrected chi connectivity index (χ2v) is 6.83. The van der Waals surface area contributed by atoms with Crippen molar-refractivity contribution in [2.75, 3.05) is 26.2 Å². The molecule has 1 aliphatic heterocycles. The molecule has 3 N–H and O–H groups in total. The number of nitrogens with two attached hydrogens (primary N) is 1. The van der Waals surface area contributed by atoms with E-state index in [1.807, 2.05) is 30.3 Å². The first-order valence-electron chi connectivity index (χ1n) is 8.34. The summed E-state index contributed by atoms with van der Waals surface area (Å²) in [6, 6.07) is 9.59. The third-order valence-electron chi connectivity index (χ3n) is 4.21. The van der Waals surface area contributed by atoms with E-state index in [0.717, 1.165) is 31.7 Å². The summed E-state index contributed by atoms with van der Waals surface area (Å²) in [5, 5.41) is 3.05. The van der Waals surface area contributed by atoms with E-state index < -0.39 is 0 Å². The van der Waals surface area contributed by atoms with E-state index in [2.05, 4.69) is 24.1 Å². The molecule has 4 heteroatoms. The van der Waals surface area contributed by atoms with Gasteiger partial charge in [-0.1, -0.05) is 44.2 Å². The largest absolute Gasteiger partial charge is 0.356 e. The van der Waals surface area contributed by atoms with Gasteiger partial charge in [0, 0.05) is 32.1 Å². The Morgan fingerprint density at radius 2 is 2.09 bits per heavy atom. The van der Waals surface area contributed by atoms with Crippen LogP contribution < -0.4 is 11.1 Å². The highest BCUT2D eigenvalue weighted by molar-refractivity contribution is 5.76. The van der Waals surface area contributed by atoms with Gasteiger partial charge in [0.1, 0.15) is 0 Å². The Hall–Kier alpha value is -1.39. The normalized spacial score (nSPS) is 20.3. The monoisotopic (exact) mass is 303 g/mol. The molecule has 0 aliphatic carbocycles. The zero-order valence-corrected chi connectivity index (χ0v) is 13.8. The second kappa shape index (κ2) is 8.30. The van der Waals surface area contributed by atoms with Gasteiger partial charge in [-0.25, -0.2) is 0 Å². The fourth-order valence-electron chi connectivity index (χ4n) is 3.11. The molecule has 0 spiro atoms. The minimum Gasteiger partial charge on any atom is -0.356 e. The van der Waals surface area contributed by atoms with Crippen molar-refractivity contribution in [3.63, 3.8) is 0 Å². The summed E-state index contributed by atoms with van der Waals surface area (Å²) in [5.74, 6) is 1.34. The molecule has 2 unspecified atom stereocenters. The number of nitrogens with one attached hydrogen (secondary N) is 1. The number of nitrogens with zero attached hydrogens (tertiary/aromatic N) is 1. The lowest BCUT2D eigenvalue weighted by Gasteiger charge is -2.18. The molecular weight excluding hydrogens is 274 g/mol. The van der Waals surface area contributed by atoms with Gasteiger partial charge in [-0.2, -0.15) is 0 Å². The summed E-state index contributed by atoms with van der Waals surface area (Å²) in [7, 11) is 0. The molecule has 0 bridgehead atoms. The fourth-order valence-corrected chi connectivity index (χ4v) is 3.11. The van der Waals surface area contributed by atoms with Gasteiger partial charge >= 0.3 is 0 Å². The molecule has 1 aromatic carbocycles. The van der Waals surface area contributed by atoms with E-state index in [1.165, 1.54) is 6.42 Å². The zero-order valence-electron chi connectivity index (χ0n) is 13.8.